The first kappa shape index (κ1) is 13.6. The highest BCUT2D eigenvalue weighted by Crippen LogP contribution is 2.46. The van der Waals surface area contributed by atoms with Gasteiger partial charge in [0.2, 0.25) is 0 Å². The first-order valence-corrected chi connectivity index (χ1v) is 8.67. The summed E-state index contributed by atoms with van der Waals surface area (Å²) in [6.07, 6.45) is 10.0. The maximum atomic E-state index is 5.89. The van der Waals surface area contributed by atoms with E-state index in [1.807, 2.05) is 11.3 Å². The van der Waals surface area contributed by atoms with Gasteiger partial charge in [-0.05, 0) is 60.9 Å². The fourth-order valence-corrected chi connectivity index (χ4v) is 5.16. The van der Waals surface area contributed by atoms with Crippen molar-refractivity contribution >= 4 is 11.3 Å². The van der Waals surface area contributed by atoms with E-state index in [-0.39, 0.29) is 0 Å². The number of hydrogen-bond donors (Lipinski definition) is 2. The molecule has 0 saturated heterocycles. The van der Waals surface area contributed by atoms with Crippen LogP contribution in [0, 0.1) is 24.7 Å². The van der Waals surface area contributed by atoms with Crippen molar-refractivity contribution in [1.29, 1.82) is 0 Å². The van der Waals surface area contributed by atoms with Gasteiger partial charge in [0.15, 0.2) is 0 Å². The van der Waals surface area contributed by atoms with Gasteiger partial charge < -0.3 is 0 Å². The monoisotopic (exact) mass is 278 g/mol. The summed E-state index contributed by atoms with van der Waals surface area (Å²) in [4.78, 5) is 1.42. The van der Waals surface area contributed by atoms with Crippen LogP contribution < -0.4 is 11.3 Å². The van der Waals surface area contributed by atoms with Crippen LogP contribution in [0.5, 0.6) is 0 Å². The van der Waals surface area contributed by atoms with Crippen molar-refractivity contribution < 1.29 is 0 Å². The smallest absolute Gasteiger partial charge is 0.0499 e. The van der Waals surface area contributed by atoms with Gasteiger partial charge in [0, 0.05) is 10.9 Å². The molecule has 2 aliphatic carbocycles. The third-order valence-corrected chi connectivity index (χ3v) is 6.33. The summed E-state index contributed by atoms with van der Waals surface area (Å²) in [5, 5.41) is 2.20. The van der Waals surface area contributed by atoms with E-state index in [0.717, 1.165) is 17.8 Å². The van der Waals surface area contributed by atoms with E-state index < -0.39 is 0 Å². The molecule has 0 aromatic carbocycles. The van der Waals surface area contributed by atoms with Crippen molar-refractivity contribution in [2.45, 2.75) is 57.9 Å². The molecule has 3 rings (SSSR count). The number of nitrogens with two attached hydrogens (primary N) is 1. The van der Waals surface area contributed by atoms with Crippen LogP contribution in [0.4, 0.5) is 0 Å². The Hall–Kier alpha value is -0.380. The number of nitrogens with one attached hydrogen (secondary N) is 1. The highest BCUT2D eigenvalue weighted by Gasteiger charge is 2.36. The topological polar surface area (TPSA) is 38.0 Å². The molecule has 2 saturated carbocycles. The van der Waals surface area contributed by atoms with Gasteiger partial charge in [0.05, 0.1) is 0 Å². The fourth-order valence-electron chi connectivity index (χ4n) is 4.41. The lowest BCUT2D eigenvalue weighted by Gasteiger charge is -2.42. The molecule has 3 heteroatoms. The number of fused-ring (bicyclic) bond motifs is 1. The zero-order valence-corrected chi connectivity index (χ0v) is 12.7. The zero-order chi connectivity index (χ0) is 13.2. The van der Waals surface area contributed by atoms with E-state index in [1.165, 1.54) is 55.4 Å². The average Bonchev–Trinajstić information content (AvgIpc) is 2.86. The van der Waals surface area contributed by atoms with Gasteiger partial charge in [-0.1, -0.05) is 25.7 Å². The third-order valence-electron chi connectivity index (χ3n) is 5.47. The molecule has 3 N–H and O–H groups in total. The number of thiophene rings is 1. The molecule has 2 aliphatic rings. The summed E-state index contributed by atoms with van der Waals surface area (Å²) in [7, 11) is 0. The molecule has 19 heavy (non-hydrogen) atoms. The fraction of sp³-hybridized carbons (Fsp3) is 0.750. The maximum absolute atomic E-state index is 5.89. The zero-order valence-electron chi connectivity index (χ0n) is 11.9. The summed E-state index contributed by atoms with van der Waals surface area (Å²) in [6.45, 7) is 2.22. The molecule has 2 fully saturated rings. The molecule has 0 bridgehead atoms. The second-order valence-corrected chi connectivity index (χ2v) is 7.57. The number of rotatable bonds is 3. The molecule has 0 aliphatic heterocycles. The van der Waals surface area contributed by atoms with Gasteiger partial charge in [-0.3, -0.25) is 11.3 Å². The van der Waals surface area contributed by atoms with Gasteiger partial charge in [0.25, 0.3) is 0 Å². The van der Waals surface area contributed by atoms with E-state index in [1.54, 1.807) is 0 Å². The Labute approximate surface area is 120 Å². The minimum absolute atomic E-state index is 0.370. The summed E-state index contributed by atoms with van der Waals surface area (Å²) < 4.78 is 0. The quantitative estimate of drug-likeness (QED) is 0.643. The SMILES string of the molecule is Cc1sccc1C(NN)C1CCC2CCCCC2C1. The first-order valence-electron chi connectivity index (χ1n) is 7.79. The van der Waals surface area contributed by atoms with Gasteiger partial charge >= 0.3 is 0 Å². The molecule has 0 spiro atoms. The second-order valence-electron chi connectivity index (χ2n) is 6.45. The van der Waals surface area contributed by atoms with Crippen molar-refractivity contribution in [3.8, 4) is 0 Å². The molecule has 106 valence electrons. The Morgan fingerprint density at radius 1 is 1.21 bits per heavy atom. The molecular formula is C16H26N2S. The molecule has 0 amide bonds. The Balaban J connectivity index is 1.72. The Kier molecular flexibility index (Phi) is 4.25. The number of aryl methyl sites for hydroxylation is 1. The predicted octanol–water partition coefficient (Wildman–Crippen LogP) is 4.17. The summed E-state index contributed by atoms with van der Waals surface area (Å²) in [5.74, 6) is 8.62. The van der Waals surface area contributed by atoms with Crippen LogP contribution in [0.25, 0.3) is 0 Å². The van der Waals surface area contributed by atoms with E-state index in [0.29, 0.717) is 6.04 Å². The van der Waals surface area contributed by atoms with Gasteiger partial charge in [-0.15, -0.1) is 11.3 Å². The summed E-state index contributed by atoms with van der Waals surface area (Å²) in [5.41, 5.74) is 4.55. The highest BCUT2D eigenvalue weighted by molar-refractivity contribution is 7.10. The van der Waals surface area contributed by atoms with Crippen LogP contribution in [-0.4, -0.2) is 0 Å². The minimum Gasteiger partial charge on any atom is -0.271 e. The van der Waals surface area contributed by atoms with E-state index in [4.69, 9.17) is 5.84 Å². The van der Waals surface area contributed by atoms with E-state index >= 15 is 0 Å². The summed E-state index contributed by atoms with van der Waals surface area (Å²) in [6, 6.07) is 2.63. The third kappa shape index (κ3) is 2.74. The Morgan fingerprint density at radius 3 is 2.68 bits per heavy atom. The lowest BCUT2D eigenvalue weighted by molar-refractivity contribution is 0.109. The Bertz CT molecular complexity index is 415. The molecule has 1 aromatic rings. The standard InChI is InChI=1S/C16H26N2S/c1-11-15(8-9-19-11)16(18-17)14-7-6-12-4-2-3-5-13(12)10-14/h8-9,12-14,16,18H,2-7,10,17H2,1H3. The van der Waals surface area contributed by atoms with Crippen molar-refractivity contribution in [3.63, 3.8) is 0 Å². The van der Waals surface area contributed by atoms with Crippen LogP contribution in [-0.2, 0) is 0 Å². The van der Waals surface area contributed by atoms with Crippen LogP contribution in [0.2, 0.25) is 0 Å². The molecule has 4 unspecified atom stereocenters. The molecule has 0 radical (unpaired) electrons. The van der Waals surface area contributed by atoms with Crippen LogP contribution in [0.1, 0.15) is 61.4 Å². The van der Waals surface area contributed by atoms with Crippen molar-refractivity contribution in [2.75, 3.05) is 0 Å². The van der Waals surface area contributed by atoms with Gasteiger partial charge in [-0.2, -0.15) is 0 Å². The number of hydrazine groups is 1. The normalized spacial score (nSPS) is 32.8. The lowest BCUT2D eigenvalue weighted by atomic mass is 9.65. The average molecular weight is 278 g/mol. The lowest BCUT2D eigenvalue weighted by Crippen LogP contribution is -2.38. The van der Waals surface area contributed by atoms with Crippen LogP contribution in [0.3, 0.4) is 0 Å². The molecular weight excluding hydrogens is 252 g/mol. The first-order chi connectivity index (χ1) is 9.29. The largest absolute Gasteiger partial charge is 0.271 e. The molecule has 1 aromatic heterocycles. The van der Waals surface area contributed by atoms with Crippen molar-refractivity contribution in [2.24, 2.45) is 23.6 Å². The van der Waals surface area contributed by atoms with E-state index in [2.05, 4.69) is 23.8 Å². The van der Waals surface area contributed by atoms with Crippen molar-refractivity contribution in [3.05, 3.63) is 21.9 Å². The molecule has 1 heterocycles. The number of hydrogen-bond acceptors (Lipinski definition) is 3. The van der Waals surface area contributed by atoms with E-state index in [9.17, 15) is 0 Å². The molecule has 4 atom stereocenters. The van der Waals surface area contributed by atoms with Gasteiger partial charge in [-0.25, -0.2) is 0 Å². The second kappa shape index (κ2) is 5.94. The van der Waals surface area contributed by atoms with Crippen LogP contribution in [0.15, 0.2) is 11.4 Å². The Morgan fingerprint density at radius 2 is 2.00 bits per heavy atom. The maximum Gasteiger partial charge on any atom is 0.0499 e. The van der Waals surface area contributed by atoms with Crippen molar-refractivity contribution in [1.82, 2.24) is 5.43 Å². The van der Waals surface area contributed by atoms with Crippen LogP contribution >= 0.6 is 11.3 Å². The highest BCUT2D eigenvalue weighted by atomic mass is 32.1. The minimum atomic E-state index is 0.370. The van der Waals surface area contributed by atoms with Gasteiger partial charge in [0.1, 0.15) is 0 Å². The predicted molar refractivity (Wildman–Crippen MR) is 81.9 cm³/mol. The summed E-state index contributed by atoms with van der Waals surface area (Å²) >= 11 is 1.84. The molecule has 2 nitrogen and oxygen atoms in total.